The molecule has 86 valence electrons. The maximum atomic E-state index is 11.6. The Balaban J connectivity index is 2.24. The van der Waals surface area contributed by atoms with E-state index < -0.39 is 5.91 Å². The van der Waals surface area contributed by atoms with Crippen LogP contribution in [0.2, 0.25) is 0 Å². The van der Waals surface area contributed by atoms with E-state index in [-0.39, 0.29) is 12.5 Å². The van der Waals surface area contributed by atoms with Crippen LogP contribution < -0.4 is 11.1 Å². The van der Waals surface area contributed by atoms with E-state index in [1.807, 2.05) is 0 Å². The smallest absolute Gasteiger partial charge is 0.251 e. The largest absolute Gasteiger partial charge is 0.368 e. The Hall–Kier alpha value is -2.50. The Labute approximate surface area is 96.9 Å². The van der Waals surface area contributed by atoms with E-state index in [1.54, 1.807) is 30.6 Å². The number of nitrogens with two attached hydrogens (primary N) is 1. The van der Waals surface area contributed by atoms with Gasteiger partial charge in [-0.05, 0) is 18.2 Å². The molecule has 6 heteroatoms. The molecule has 1 aromatic heterocycles. The van der Waals surface area contributed by atoms with E-state index in [1.165, 1.54) is 0 Å². The Morgan fingerprint density at radius 3 is 2.59 bits per heavy atom. The molecule has 0 bridgehead atoms. The molecule has 3 N–H and O–H groups in total. The number of hydrogen-bond acceptors (Lipinski definition) is 4. The van der Waals surface area contributed by atoms with Crippen LogP contribution in [0.25, 0.3) is 11.0 Å². The first-order valence-corrected chi connectivity index (χ1v) is 4.94. The monoisotopic (exact) mass is 230 g/mol. The predicted octanol–water partition coefficient (Wildman–Crippen LogP) is -0.155. The molecule has 1 heterocycles. The fourth-order valence-electron chi connectivity index (χ4n) is 1.37. The van der Waals surface area contributed by atoms with Crippen molar-refractivity contribution in [2.75, 3.05) is 6.54 Å². The number of hydrogen-bond donors (Lipinski definition) is 2. The van der Waals surface area contributed by atoms with Gasteiger partial charge in [0.2, 0.25) is 5.91 Å². The molecule has 0 aliphatic carbocycles. The second-order valence-electron chi connectivity index (χ2n) is 3.41. The highest BCUT2D eigenvalue weighted by Crippen LogP contribution is 2.10. The van der Waals surface area contributed by atoms with Crippen LogP contribution in [-0.4, -0.2) is 28.3 Å². The average molecular weight is 230 g/mol. The molecule has 0 spiro atoms. The van der Waals surface area contributed by atoms with Crippen molar-refractivity contribution in [3.05, 3.63) is 36.2 Å². The molecule has 2 aromatic rings. The zero-order valence-corrected chi connectivity index (χ0v) is 8.88. The molecule has 2 amide bonds. The summed E-state index contributed by atoms with van der Waals surface area (Å²) in [6, 6.07) is 4.92. The summed E-state index contributed by atoms with van der Waals surface area (Å²) >= 11 is 0. The molecule has 0 radical (unpaired) electrons. The lowest BCUT2D eigenvalue weighted by molar-refractivity contribution is -0.117. The highest BCUT2D eigenvalue weighted by atomic mass is 16.2. The molecule has 0 saturated heterocycles. The Bertz CT molecular complexity index is 582. The first-order chi connectivity index (χ1) is 8.16. The minimum Gasteiger partial charge on any atom is -0.368 e. The van der Waals surface area contributed by atoms with Gasteiger partial charge in [0.1, 0.15) is 0 Å². The molecule has 0 saturated carbocycles. The van der Waals surface area contributed by atoms with Crippen LogP contribution in [-0.2, 0) is 4.79 Å². The van der Waals surface area contributed by atoms with Gasteiger partial charge in [-0.1, -0.05) is 0 Å². The quantitative estimate of drug-likeness (QED) is 0.765. The van der Waals surface area contributed by atoms with Gasteiger partial charge in [0.15, 0.2) is 0 Å². The first kappa shape index (κ1) is 11.0. The van der Waals surface area contributed by atoms with Gasteiger partial charge in [-0.3, -0.25) is 19.6 Å². The molecule has 6 nitrogen and oxygen atoms in total. The zero-order valence-electron chi connectivity index (χ0n) is 8.88. The number of primary amides is 1. The summed E-state index contributed by atoms with van der Waals surface area (Å²) in [4.78, 5) is 30.3. The molecule has 0 fully saturated rings. The van der Waals surface area contributed by atoms with Gasteiger partial charge in [-0.15, -0.1) is 0 Å². The summed E-state index contributed by atoms with van der Waals surface area (Å²) in [5.74, 6) is -0.949. The van der Waals surface area contributed by atoms with Crippen molar-refractivity contribution in [1.82, 2.24) is 15.3 Å². The Morgan fingerprint density at radius 1 is 1.18 bits per heavy atom. The summed E-state index contributed by atoms with van der Waals surface area (Å²) in [5.41, 5.74) is 6.68. The van der Waals surface area contributed by atoms with Crippen molar-refractivity contribution in [1.29, 1.82) is 0 Å². The first-order valence-electron chi connectivity index (χ1n) is 4.94. The molecule has 0 atom stereocenters. The number of rotatable bonds is 3. The van der Waals surface area contributed by atoms with Crippen molar-refractivity contribution >= 4 is 22.8 Å². The van der Waals surface area contributed by atoms with Crippen LogP contribution in [0.1, 0.15) is 10.4 Å². The van der Waals surface area contributed by atoms with Crippen LogP contribution in [0.4, 0.5) is 0 Å². The lowest BCUT2D eigenvalue weighted by Gasteiger charge is -2.03. The molecular weight excluding hydrogens is 220 g/mol. The van der Waals surface area contributed by atoms with Crippen molar-refractivity contribution in [2.24, 2.45) is 5.73 Å². The van der Waals surface area contributed by atoms with Crippen LogP contribution >= 0.6 is 0 Å². The summed E-state index contributed by atoms with van der Waals surface area (Å²) < 4.78 is 0. The number of carbonyl (C=O) groups excluding carboxylic acids is 2. The molecule has 0 aliphatic rings. The number of nitrogens with zero attached hydrogens (tertiary/aromatic N) is 2. The molecule has 2 rings (SSSR count). The van der Waals surface area contributed by atoms with Crippen molar-refractivity contribution < 1.29 is 9.59 Å². The molecule has 0 aliphatic heterocycles. The number of benzene rings is 1. The van der Waals surface area contributed by atoms with E-state index in [2.05, 4.69) is 15.3 Å². The van der Waals surface area contributed by atoms with Crippen molar-refractivity contribution in [2.45, 2.75) is 0 Å². The van der Waals surface area contributed by atoms with Gasteiger partial charge in [0, 0.05) is 18.0 Å². The lowest BCUT2D eigenvalue weighted by atomic mass is 10.2. The van der Waals surface area contributed by atoms with Gasteiger partial charge < -0.3 is 11.1 Å². The highest BCUT2D eigenvalue weighted by molar-refractivity contribution is 5.98. The van der Waals surface area contributed by atoms with Gasteiger partial charge >= 0.3 is 0 Å². The third-order valence-electron chi connectivity index (χ3n) is 2.15. The van der Waals surface area contributed by atoms with Crippen molar-refractivity contribution in [3.63, 3.8) is 0 Å². The summed E-state index contributed by atoms with van der Waals surface area (Å²) in [6.07, 6.45) is 3.13. The second kappa shape index (κ2) is 4.56. The third-order valence-corrected chi connectivity index (χ3v) is 2.15. The molecule has 0 unspecified atom stereocenters. The fraction of sp³-hybridized carbons (Fsp3) is 0.0909. The van der Waals surface area contributed by atoms with E-state index in [0.717, 1.165) is 0 Å². The molecule has 17 heavy (non-hydrogen) atoms. The normalized spacial score (nSPS) is 10.1. The minimum atomic E-state index is -0.584. The summed E-state index contributed by atoms with van der Waals surface area (Å²) in [7, 11) is 0. The van der Waals surface area contributed by atoms with Crippen molar-refractivity contribution in [3.8, 4) is 0 Å². The maximum absolute atomic E-state index is 11.6. The number of carbonyl (C=O) groups is 2. The lowest BCUT2D eigenvalue weighted by Crippen LogP contribution is -2.33. The summed E-state index contributed by atoms with van der Waals surface area (Å²) in [6.45, 7) is -0.183. The van der Waals surface area contributed by atoms with Crippen LogP contribution in [0.15, 0.2) is 30.6 Å². The third kappa shape index (κ3) is 2.54. The number of nitrogens with one attached hydrogen (secondary N) is 1. The average Bonchev–Trinajstić information content (AvgIpc) is 2.35. The Kier molecular flexibility index (Phi) is 2.95. The van der Waals surface area contributed by atoms with Crippen LogP contribution in [0, 0.1) is 0 Å². The van der Waals surface area contributed by atoms with Gasteiger partial charge in [-0.2, -0.15) is 0 Å². The molecule has 1 aromatic carbocycles. The minimum absolute atomic E-state index is 0.183. The Morgan fingerprint density at radius 2 is 1.88 bits per heavy atom. The predicted molar refractivity (Wildman–Crippen MR) is 61.1 cm³/mol. The SMILES string of the molecule is NC(=O)CNC(=O)c1ccc2nccnc2c1. The molecular formula is C11H10N4O2. The number of fused-ring (bicyclic) bond motifs is 1. The topological polar surface area (TPSA) is 98.0 Å². The fourth-order valence-corrected chi connectivity index (χ4v) is 1.37. The number of amides is 2. The standard InChI is InChI=1S/C11H10N4O2/c12-10(16)6-15-11(17)7-1-2-8-9(5-7)14-4-3-13-8/h1-5H,6H2,(H2,12,16)(H,15,17). The van der Waals surface area contributed by atoms with Crippen LogP contribution in [0.5, 0.6) is 0 Å². The highest BCUT2D eigenvalue weighted by Gasteiger charge is 2.07. The zero-order chi connectivity index (χ0) is 12.3. The van der Waals surface area contributed by atoms with E-state index in [0.29, 0.717) is 16.6 Å². The van der Waals surface area contributed by atoms with E-state index in [9.17, 15) is 9.59 Å². The van der Waals surface area contributed by atoms with Gasteiger partial charge in [0.05, 0.1) is 17.6 Å². The van der Waals surface area contributed by atoms with E-state index >= 15 is 0 Å². The second-order valence-corrected chi connectivity index (χ2v) is 3.41. The van der Waals surface area contributed by atoms with Gasteiger partial charge in [-0.25, -0.2) is 0 Å². The maximum Gasteiger partial charge on any atom is 0.251 e. The van der Waals surface area contributed by atoms with Crippen LogP contribution in [0.3, 0.4) is 0 Å². The van der Waals surface area contributed by atoms with Gasteiger partial charge in [0.25, 0.3) is 5.91 Å². The number of aromatic nitrogens is 2. The summed E-state index contributed by atoms with van der Waals surface area (Å²) in [5, 5.41) is 2.40. The van der Waals surface area contributed by atoms with E-state index in [4.69, 9.17) is 5.73 Å².